The summed E-state index contributed by atoms with van der Waals surface area (Å²) in [6.07, 6.45) is 6.83. The van der Waals surface area contributed by atoms with E-state index in [9.17, 15) is 0 Å². The number of ether oxygens (including phenoxy) is 2. The van der Waals surface area contributed by atoms with Crippen molar-refractivity contribution in [2.45, 2.75) is 44.3 Å². The molecule has 1 fully saturated rings. The molecule has 0 aliphatic heterocycles. The Morgan fingerprint density at radius 2 is 1.94 bits per heavy atom. The average Bonchev–Trinajstić information content (AvgIpc) is 2.46. The minimum absolute atomic E-state index is 0.0873. The number of hydrogen-bond donors (Lipinski definition) is 0. The minimum atomic E-state index is 0.0873. The van der Waals surface area contributed by atoms with Gasteiger partial charge in [-0.05, 0) is 18.9 Å². The normalized spacial score (nSPS) is 18.6. The molecule has 1 aromatic rings. The molecule has 1 saturated carbocycles. The van der Waals surface area contributed by atoms with Crippen molar-refractivity contribution >= 4 is 15.9 Å². The Kier molecular flexibility index (Phi) is 5.51. The summed E-state index contributed by atoms with van der Waals surface area (Å²) >= 11 is 3.56. The van der Waals surface area contributed by atoms with Crippen molar-refractivity contribution in [1.29, 1.82) is 0 Å². The van der Waals surface area contributed by atoms with Crippen LogP contribution in [0, 0.1) is 0 Å². The van der Waals surface area contributed by atoms with Crippen LogP contribution in [0.4, 0.5) is 0 Å². The fourth-order valence-corrected chi connectivity index (χ4v) is 3.06. The van der Waals surface area contributed by atoms with E-state index >= 15 is 0 Å². The van der Waals surface area contributed by atoms with Gasteiger partial charge in [-0.3, -0.25) is 0 Å². The second-order valence-corrected chi connectivity index (χ2v) is 5.43. The van der Waals surface area contributed by atoms with Gasteiger partial charge < -0.3 is 9.47 Å². The van der Waals surface area contributed by atoms with Gasteiger partial charge in [0.25, 0.3) is 0 Å². The molecule has 0 aromatic heterocycles. The first-order valence-corrected chi connectivity index (χ1v) is 7.81. The highest BCUT2D eigenvalue weighted by Gasteiger charge is 2.21. The minimum Gasteiger partial charge on any atom is -0.496 e. The first-order chi connectivity index (χ1) is 8.85. The van der Waals surface area contributed by atoms with Crippen molar-refractivity contribution in [2.24, 2.45) is 0 Å². The maximum atomic E-state index is 6.24. The molecule has 0 bridgehead atoms. The summed E-state index contributed by atoms with van der Waals surface area (Å²) in [5, 5.41) is 0.809. The zero-order valence-electron chi connectivity index (χ0n) is 10.9. The van der Waals surface area contributed by atoms with E-state index in [-0.39, 0.29) is 6.10 Å². The van der Waals surface area contributed by atoms with Crippen molar-refractivity contribution in [2.75, 3.05) is 12.4 Å². The summed E-state index contributed by atoms with van der Waals surface area (Å²) in [5.41, 5.74) is 1.14. The fourth-order valence-electron chi connectivity index (χ4n) is 2.56. The maximum Gasteiger partial charge on any atom is 0.124 e. The molecule has 0 N–H and O–H groups in total. The Hall–Kier alpha value is -0.540. The van der Waals surface area contributed by atoms with E-state index in [1.165, 1.54) is 32.1 Å². The fraction of sp³-hybridized carbons (Fsp3) is 0.600. The van der Waals surface area contributed by atoms with E-state index in [0.29, 0.717) is 6.10 Å². The lowest BCUT2D eigenvalue weighted by molar-refractivity contribution is -0.0202. The number of alkyl halides is 1. The molecule has 1 aliphatic carbocycles. The van der Waals surface area contributed by atoms with Gasteiger partial charge in [0.2, 0.25) is 0 Å². The lowest BCUT2D eigenvalue weighted by Crippen LogP contribution is -2.21. The van der Waals surface area contributed by atoms with Crippen molar-refractivity contribution in [1.82, 2.24) is 0 Å². The Bertz CT molecular complexity index is 361. The van der Waals surface area contributed by atoms with Crippen LogP contribution in [0.25, 0.3) is 0 Å². The van der Waals surface area contributed by atoms with E-state index < -0.39 is 0 Å². The van der Waals surface area contributed by atoms with Crippen LogP contribution in [0.5, 0.6) is 5.75 Å². The van der Waals surface area contributed by atoms with Gasteiger partial charge in [-0.2, -0.15) is 0 Å². The molecule has 1 unspecified atom stereocenters. The first-order valence-electron chi connectivity index (χ1n) is 6.69. The summed E-state index contributed by atoms with van der Waals surface area (Å²) in [5.74, 6) is 0.915. The molecule has 0 radical (unpaired) electrons. The molecule has 2 rings (SSSR count). The van der Waals surface area contributed by atoms with Gasteiger partial charge in [0.1, 0.15) is 5.75 Å². The largest absolute Gasteiger partial charge is 0.496 e. The monoisotopic (exact) mass is 312 g/mol. The SMILES string of the molecule is COc1ccccc1C(CBr)OC1CCCCC1. The second kappa shape index (κ2) is 7.15. The number of hydrogen-bond acceptors (Lipinski definition) is 2. The van der Waals surface area contributed by atoms with Crippen LogP contribution >= 0.6 is 15.9 Å². The molecule has 1 aromatic carbocycles. The lowest BCUT2D eigenvalue weighted by Gasteiger charge is -2.27. The maximum absolute atomic E-state index is 6.24. The van der Waals surface area contributed by atoms with Gasteiger partial charge >= 0.3 is 0 Å². The standard InChI is InChI=1S/C15H21BrO2/c1-17-14-10-6-5-9-13(14)15(11-16)18-12-7-3-2-4-8-12/h5-6,9-10,12,15H,2-4,7-8,11H2,1H3. The molecule has 0 amide bonds. The smallest absolute Gasteiger partial charge is 0.124 e. The first kappa shape index (κ1) is 13.9. The Balaban J connectivity index is 2.07. The Morgan fingerprint density at radius 3 is 2.61 bits per heavy atom. The predicted molar refractivity (Wildman–Crippen MR) is 77.5 cm³/mol. The van der Waals surface area contributed by atoms with Crippen LogP contribution in [-0.4, -0.2) is 18.5 Å². The zero-order chi connectivity index (χ0) is 12.8. The molecule has 0 saturated heterocycles. The van der Waals surface area contributed by atoms with Crippen LogP contribution in [0.1, 0.15) is 43.8 Å². The number of rotatable bonds is 5. The van der Waals surface area contributed by atoms with Gasteiger partial charge in [-0.25, -0.2) is 0 Å². The van der Waals surface area contributed by atoms with Crippen LogP contribution in [-0.2, 0) is 4.74 Å². The highest BCUT2D eigenvalue weighted by atomic mass is 79.9. The van der Waals surface area contributed by atoms with Crippen LogP contribution in [0.2, 0.25) is 0 Å². The highest BCUT2D eigenvalue weighted by molar-refractivity contribution is 9.09. The van der Waals surface area contributed by atoms with E-state index in [0.717, 1.165) is 16.6 Å². The summed E-state index contributed by atoms with van der Waals surface area (Å²) in [7, 11) is 1.71. The summed E-state index contributed by atoms with van der Waals surface area (Å²) in [4.78, 5) is 0. The topological polar surface area (TPSA) is 18.5 Å². The van der Waals surface area contributed by atoms with Gasteiger partial charge in [0.15, 0.2) is 0 Å². The molecule has 18 heavy (non-hydrogen) atoms. The quantitative estimate of drug-likeness (QED) is 0.746. The summed E-state index contributed by atoms with van der Waals surface area (Å²) in [6.45, 7) is 0. The van der Waals surface area contributed by atoms with Gasteiger partial charge in [0.05, 0.1) is 19.3 Å². The molecule has 1 atom stereocenters. The average molecular weight is 313 g/mol. The summed E-state index contributed by atoms with van der Waals surface area (Å²) < 4.78 is 11.7. The molecular weight excluding hydrogens is 292 g/mol. The third kappa shape index (κ3) is 3.48. The van der Waals surface area contributed by atoms with E-state index in [1.807, 2.05) is 18.2 Å². The molecule has 0 heterocycles. The van der Waals surface area contributed by atoms with Crippen LogP contribution < -0.4 is 4.74 Å². The van der Waals surface area contributed by atoms with Gasteiger partial charge in [-0.1, -0.05) is 53.4 Å². The highest BCUT2D eigenvalue weighted by Crippen LogP contribution is 2.32. The van der Waals surface area contributed by atoms with Crippen LogP contribution in [0.3, 0.4) is 0 Å². The van der Waals surface area contributed by atoms with E-state index in [2.05, 4.69) is 22.0 Å². The summed E-state index contributed by atoms with van der Waals surface area (Å²) in [6, 6.07) is 8.12. The number of benzene rings is 1. The predicted octanol–water partition coefficient (Wildman–Crippen LogP) is 4.48. The number of halogens is 1. The van der Waals surface area contributed by atoms with Crippen molar-refractivity contribution in [3.63, 3.8) is 0 Å². The Labute approximate surface area is 118 Å². The molecule has 2 nitrogen and oxygen atoms in total. The third-order valence-electron chi connectivity index (χ3n) is 3.53. The van der Waals surface area contributed by atoms with Crippen LogP contribution in [0.15, 0.2) is 24.3 Å². The molecule has 1 aliphatic rings. The zero-order valence-corrected chi connectivity index (χ0v) is 12.5. The molecule has 0 spiro atoms. The number of methoxy groups -OCH3 is 1. The molecule has 100 valence electrons. The Morgan fingerprint density at radius 1 is 1.22 bits per heavy atom. The van der Waals surface area contributed by atoms with Crippen molar-refractivity contribution in [3.8, 4) is 5.75 Å². The molecule has 3 heteroatoms. The van der Waals surface area contributed by atoms with Crippen molar-refractivity contribution < 1.29 is 9.47 Å². The van der Waals surface area contributed by atoms with Gasteiger partial charge in [0, 0.05) is 10.9 Å². The third-order valence-corrected chi connectivity index (χ3v) is 4.12. The molecular formula is C15H21BrO2. The van der Waals surface area contributed by atoms with Crippen molar-refractivity contribution in [3.05, 3.63) is 29.8 Å². The second-order valence-electron chi connectivity index (χ2n) is 4.78. The lowest BCUT2D eigenvalue weighted by atomic mass is 9.97. The van der Waals surface area contributed by atoms with Gasteiger partial charge in [-0.15, -0.1) is 0 Å². The van der Waals surface area contributed by atoms with E-state index in [1.54, 1.807) is 7.11 Å². The van der Waals surface area contributed by atoms with E-state index in [4.69, 9.17) is 9.47 Å². The number of para-hydroxylation sites is 1.